The number of hydrogen-bond acceptors (Lipinski definition) is 4. The van der Waals surface area contributed by atoms with Crippen LogP contribution in [-0.2, 0) is 4.84 Å². The van der Waals surface area contributed by atoms with Crippen molar-refractivity contribution in [2.45, 2.75) is 40.2 Å². The molecule has 0 saturated heterocycles. The van der Waals surface area contributed by atoms with Crippen LogP contribution in [0.1, 0.15) is 34.1 Å². The molecule has 0 aromatic carbocycles. The van der Waals surface area contributed by atoms with Gasteiger partial charge in [-0.05, 0) is 32.8 Å². The van der Waals surface area contributed by atoms with Gasteiger partial charge in [0.1, 0.15) is 5.76 Å². The minimum Gasteiger partial charge on any atom is -0.412 e. The van der Waals surface area contributed by atoms with Gasteiger partial charge in [0.2, 0.25) is 0 Å². The van der Waals surface area contributed by atoms with Gasteiger partial charge < -0.3 is 15.6 Å². The molecule has 1 rings (SSSR count). The van der Waals surface area contributed by atoms with Crippen LogP contribution in [0.5, 0.6) is 0 Å². The van der Waals surface area contributed by atoms with Gasteiger partial charge in [-0.3, -0.25) is 0 Å². The van der Waals surface area contributed by atoms with E-state index in [9.17, 15) is 0 Å². The van der Waals surface area contributed by atoms with Gasteiger partial charge in [0.25, 0.3) is 0 Å². The van der Waals surface area contributed by atoms with Crippen molar-refractivity contribution >= 4 is 5.71 Å². The minimum atomic E-state index is 0.0852. The first-order valence-corrected chi connectivity index (χ1v) is 5.70. The summed E-state index contributed by atoms with van der Waals surface area (Å²) in [5.41, 5.74) is 5.27. The Balaban J connectivity index is 2.70. The monoisotopic (exact) mass is 223 g/mol. The second-order valence-electron chi connectivity index (χ2n) is 4.07. The Hall–Kier alpha value is -1.29. The van der Waals surface area contributed by atoms with Crippen LogP contribution in [0.15, 0.2) is 23.1 Å². The molecule has 0 spiro atoms. The molecule has 1 unspecified atom stereocenters. The molecule has 0 aromatic rings. The molecule has 0 saturated carbocycles. The fraction of sp³-hybridized carbons (Fsp3) is 0.583. The van der Waals surface area contributed by atoms with Crippen LogP contribution < -0.4 is 10.8 Å². The second kappa shape index (κ2) is 5.70. The minimum absolute atomic E-state index is 0.0852. The molecule has 4 heteroatoms. The molecule has 0 aliphatic carbocycles. The summed E-state index contributed by atoms with van der Waals surface area (Å²) in [4.78, 5) is 5.22. The zero-order chi connectivity index (χ0) is 12.1. The first-order chi connectivity index (χ1) is 7.57. The van der Waals surface area contributed by atoms with Crippen molar-refractivity contribution in [2.24, 2.45) is 0 Å². The van der Waals surface area contributed by atoms with Gasteiger partial charge >= 0.3 is 0 Å². The van der Waals surface area contributed by atoms with Crippen LogP contribution in [0.4, 0.5) is 0 Å². The Morgan fingerprint density at radius 2 is 2.31 bits per heavy atom. The van der Waals surface area contributed by atoms with Gasteiger partial charge in [-0.15, -0.1) is 5.48 Å². The molecule has 0 fully saturated rings. The first-order valence-electron chi connectivity index (χ1n) is 5.70. The van der Waals surface area contributed by atoms with E-state index in [-0.39, 0.29) is 6.04 Å². The fourth-order valence-electron chi connectivity index (χ4n) is 1.64. The lowest BCUT2D eigenvalue weighted by Crippen LogP contribution is -2.24. The molecule has 0 aromatic heterocycles. The van der Waals surface area contributed by atoms with E-state index in [2.05, 4.69) is 17.7 Å². The lowest BCUT2D eigenvalue weighted by Gasteiger charge is -2.09. The molecule has 1 atom stereocenters. The van der Waals surface area contributed by atoms with Crippen LogP contribution in [0.25, 0.3) is 0 Å². The third kappa shape index (κ3) is 2.85. The Bertz CT molecular complexity index is 331. The maximum Gasteiger partial charge on any atom is 0.128 e. The van der Waals surface area contributed by atoms with Gasteiger partial charge in [0, 0.05) is 18.3 Å². The fourth-order valence-corrected chi connectivity index (χ4v) is 1.64. The molecule has 90 valence electrons. The standard InChI is InChI=1S/C12H21N3O/c1-5-6-14-7-8(2)12(13)11-9(3)15-16-10(11)4/h7,9,13-15H,5-6H2,1-4H3/b8-7+,13-12?. The first kappa shape index (κ1) is 12.8. The van der Waals surface area contributed by atoms with Gasteiger partial charge in [0.15, 0.2) is 0 Å². The van der Waals surface area contributed by atoms with Crippen LogP contribution in [-0.4, -0.2) is 18.3 Å². The highest BCUT2D eigenvalue weighted by atomic mass is 16.7. The maximum atomic E-state index is 8.10. The molecular formula is C12H21N3O. The average Bonchev–Trinajstić information content (AvgIpc) is 2.58. The third-order valence-corrected chi connectivity index (χ3v) is 2.58. The Morgan fingerprint density at radius 3 is 2.81 bits per heavy atom. The highest BCUT2D eigenvalue weighted by molar-refractivity contribution is 6.11. The molecule has 4 nitrogen and oxygen atoms in total. The van der Waals surface area contributed by atoms with Gasteiger partial charge in [-0.1, -0.05) is 6.92 Å². The lowest BCUT2D eigenvalue weighted by atomic mass is 9.98. The smallest absolute Gasteiger partial charge is 0.128 e. The van der Waals surface area contributed by atoms with E-state index < -0.39 is 0 Å². The van der Waals surface area contributed by atoms with Crippen molar-refractivity contribution in [2.75, 3.05) is 6.54 Å². The van der Waals surface area contributed by atoms with Crippen LogP contribution in [0.3, 0.4) is 0 Å². The third-order valence-electron chi connectivity index (χ3n) is 2.58. The molecule has 1 aliphatic rings. The lowest BCUT2D eigenvalue weighted by molar-refractivity contribution is 0.121. The van der Waals surface area contributed by atoms with Gasteiger partial charge in [-0.25, -0.2) is 0 Å². The predicted molar refractivity (Wildman–Crippen MR) is 66.2 cm³/mol. The van der Waals surface area contributed by atoms with E-state index in [0.29, 0.717) is 5.71 Å². The van der Waals surface area contributed by atoms with E-state index in [1.807, 2.05) is 27.0 Å². The van der Waals surface area contributed by atoms with E-state index in [1.54, 1.807) is 0 Å². The van der Waals surface area contributed by atoms with Gasteiger partial charge in [0.05, 0.1) is 11.8 Å². The van der Waals surface area contributed by atoms with Crippen molar-refractivity contribution in [1.82, 2.24) is 10.8 Å². The predicted octanol–water partition coefficient (Wildman–Crippen LogP) is 2.11. The molecule has 16 heavy (non-hydrogen) atoms. The van der Waals surface area contributed by atoms with Gasteiger partial charge in [-0.2, -0.15) is 0 Å². The summed E-state index contributed by atoms with van der Waals surface area (Å²) in [6, 6.07) is 0.0852. The SMILES string of the molecule is CCCN/C=C(\C)C(=N)C1=C(C)ONC1C. The van der Waals surface area contributed by atoms with Crippen molar-refractivity contribution in [3.05, 3.63) is 23.1 Å². The van der Waals surface area contributed by atoms with Crippen molar-refractivity contribution in [3.8, 4) is 0 Å². The molecule has 0 radical (unpaired) electrons. The van der Waals surface area contributed by atoms with Crippen LogP contribution in [0.2, 0.25) is 0 Å². The second-order valence-corrected chi connectivity index (χ2v) is 4.07. The maximum absolute atomic E-state index is 8.10. The number of rotatable bonds is 5. The molecule has 1 aliphatic heterocycles. The van der Waals surface area contributed by atoms with Crippen LogP contribution in [0, 0.1) is 5.41 Å². The summed E-state index contributed by atoms with van der Waals surface area (Å²) in [5, 5.41) is 11.3. The number of hydrogen-bond donors (Lipinski definition) is 3. The normalized spacial score (nSPS) is 21.0. The highest BCUT2D eigenvalue weighted by Gasteiger charge is 2.24. The Kier molecular flexibility index (Phi) is 4.55. The van der Waals surface area contributed by atoms with Crippen LogP contribution >= 0.6 is 0 Å². The summed E-state index contributed by atoms with van der Waals surface area (Å²) in [6.07, 6.45) is 2.98. The Labute approximate surface area is 97.2 Å². The van der Waals surface area contributed by atoms with E-state index in [0.717, 1.165) is 29.9 Å². The van der Waals surface area contributed by atoms with E-state index in [1.165, 1.54) is 0 Å². The average molecular weight is 223 g/mol. The van der Waals surface area contributed by atoms with Crippen molar-refractivity contribution < 1.29 is 4.84 Å². The molecule has 0 amide bonds. The summed E-state index contributed by atoms with van der Waals surface area (Å²) in [7, 11) is 0. The summed E-state index contributed by atoms with van der Waals surface area (Å²) in [5.74, 6) is 0.792. The van der Waals surface area contributed by atoms with E-state index >= 15 is 0 Å². The molecule has 0 bridgehead atoms. The zero-order valence-electron chi connectivity index (χ0n) is 10.5. The summed E-state index contributed by atoms with van der Waals surface area (Å²) >= 11 is 0. The number of hydroxylamine groups is 1. The largest absolute Gasteiger partial charge is 0.412 e. The highest BCUT2D eigenvalue weighted by Crippen LogP contribution is 2.20. The zero-order valence-corrected chi connectivity index (χ0v) is 10.5. The topological polar surface area (TPSA) is 57.1 Å². The van der Waals surface area contributed by atoms with E-state index in [4.69, 9.17) is 10.2 Å². The summed E-state index contributed by atoms with van der Waals surface area (Å²) < 4.78 is 0. The number of nitrogens with one attached hydrogen (secondary N) is 3. The molecular weight excluding hydrogens is 202 g/mol. The quantitative estimate of drug-likeness (QED) is 0.494. The molecule has 1 heterocycles. The van der Waals surface area contributed by atoms with Crippen molar-refractivity contribution in [1.29, 1.82) is 5.41 Å². The molecule has 3 N–H and O–H groups in total. The Morgan fingerprint density at radius 1 is 1.62 bits per heavy atom. The summed E-state index contributed by atoms with van der Waals surface area (Å²) in [6.45, 7) is 8.87. The van der Waals surface area contributed by atoms with Crippen molar-refractivity contribution in [3.63, 3.8) is 0 Å². The number of allylic oxidation sites excluding steroid dienone is 2.